The molecule has 0 saturated carbocycles. The summed E-state index contributed by atoms with van der Waals surface area (Å²) in [7, 11) is 0. The average molecular weight is 266 g/mol. The van der Waals surface area contributed by atoms with Crippen LogP contribution in [0.4, 0.5) is 0 Å². The van der Waals surface area contributed by atoms with Crippen molar-refractivity contribution < 1.29 is 4.79 Å². The third-order valence-electron chi connectivity index (χ3n) is 2.65. The van der Waals surface area contributed by atoms with Gasteiger partial charge in [0, 0.05) is 11.8 Å². The Morgan fingerprint density at radius 2 is 2.06 bits per heavy atom. The smallest absolute Gasteiger partial charge is 0.227 e. The summed E-state index contributed by atoms with van der Waals surface area (Å²) in [6.45, 7) is 5.21. The summed E-state index contributed by atoms with van der Waals surface area (Å²) in [6.07, 6.45) is 1.10. The van der Waals surface area contributed by atoms with Crippen molar-refractivity contribution in [2.45, 2.75) is 26.3 Å². The molecule has 0 aromatic heterocycles. The van der Waals surface area contributed by atoms with Crippen LogP contribution < -0.4 is 11.1 Å². The highest BCUT2D eigenvalue weighted by molar-refractivity contribution is 7.99. The lowest BCUT2D eigenvalue weighted by Crippen LogP contribution is -2.25. The van der Waals surface area contributed by atoms with Crippen molar-refractivity contribution in [1.82, 2.24) is 5.32 Å². The van der Waals surface area contributed by atoms with Crippen LogP contribution in [0.5, 0.6) is 0 Å². The Bertz CT molecular complexity index is 365. The van der Waals surface area contributed by atoms with E-state index >= 15 is 0 Å². The van der Waals surface area contributed by atoms with E-state index in [0.29, 0.717) is 5.75 Å². The molecule has 18 heavy (non-hydrogen) atoms. The molecule has 100 valence electrons. The zero-order valence-electron chi connectivity index (χ0n) is 11.1. The van der Waals surface area contributed by atoms with Crippen LogP contribution in [-0.2, 0) is 4.79 Å². The molecule has 0 heterocycles. The normalized spacial score (nSPS) is 12.3. The predicted octanol–water partition coefficient (Wildman–Crippen LogP) is 2.25. The van der Waals surface area contributed by atoms with Crippen LogP contribution in [0.15, 0.2) is 24.3 Å². The zero-order chi connectivity index (χ0) is 13.4. The van der Waals surface area contributed by atoms with Crippen LogP contribution in [-0.4, -0.2) is 24.0 Å². The van der Waals surface area contributed by atoms with Gasteiger partial charge in [0.2, 0.25) is 5.91 Å². The molecule has 1 unspecified atom stereocenters. The van der Waals surface area contributed by atoms with Crippen molar-refractivity contribution in [2.24, 2.45) is 5.73 Å². The Morgan fingerprint density at radius 1 is 1.39 bits per heavy atom. The summed E-state index contributed by atoms with van der Waals surface area (Å²) >= 11 is 1.58. The van der Waals surface area contributed by atoms with Crippen LogP contribution >= 0.6 is 11.8 Å². The van der Waals surface area contributed by atoms with Gasteiger partial charge in [0.05, 0.1) is 5.75 Å². The van der Waals surface area contributed by atoms with E-state index in [1.165, 1.54) is 11.1 Å². The first kappa shape index (κ1) is 15.1. The van der Waals surface area contributed by atoms with Gasteiger partial charge >= 0.3 is 0 Å². The van der Waals surface area contributed by atoms with E-state index in [0.717, 1.165) is 18.7 Å². The highest BCUT2D eigenvalue weighted by Gasteiger charge is 2.10. The van der Waals surface area contributed by atoms with Gasteiger partial charge in [-0.15, -0.1) is 0 Å². The Morgan fingerprint density at radius 3 is 2.61 bits per heavy atom. The van der Waals surface area contributed by atoms with Crippen LogP contribution in [0.2, 0.25) is 0 Å². The lowest BCUT2D eigenvalue weighted by molar-refractivity contribution is -0.115. The summed E-state index contributed by atoms with van der Waals surface area (Å²) in [4.78, 5) is 10.8. The molecule has 1 aromatic rings. The summed E-state index contributed by atoms with van der Waals surface area (Å²) < 4.78 is 0. The van der Waals surface area contributed by atoms with Gasteiger partial charge in [-0.1, -0.05) is 36.8 Å². The van der Waals surface area contributed by atoms with Crippen molar-refractivity contribution in [3.05, 3.63) is 35.4 Å². The first-order valence-electron chi connectivity index (χ1n) is 6.29. The van der Waals surface area contributed by atoms with E-state index in [1.54, 1.807) is 11.8 Å². The molecule has 0 aliphatic rings. The molecule has 0 radical (unpaired) electrons. The molecule has 0 fully saturated rings. The standard InChI is InChI=1S/C14H22N2OS/c1-3-8-16-13(9-18-10-14(15)17)12-6-4-11(2)5-7-12/h4-7,13,16H,3,8-10H2,1-2H3,(H2,15,17). The van der Waals surface area contributed by atoms with E-state index in [4.69, 9.17) is 5.73 Å². The van der Waals surface area contributed by atoms with Gasteiger partial charge in [-0.05, 0) is 25.5 Å². The maximum absolute atomic E-state index is 10.8. The number of benzene rings is 1. The van der Waals surface area contributed by atoms with Gasteiger partial charge in [0.15, 0.2) is 0 Å². The van der Waals surface area contributed by atoms with Crippen LogP contribution in [0.1, 0.15) is 30.5 Å². The zero-order valence-corrected chi connectivity index (χ0v) is 11.9. The Hall–Kier alpha value is -1.00. The maximum Gasteiger partial charge on any atom is 0.227 e. The van der Waals surface area contributed by atoms with E-state index in [-0.39, 0.29) is 11.9 Å². The minimum absolute atomic E-state index is 0.252. The molecule has 0 saturated heterocycles. The van der Waals surface area contributed by atoms with E-state index in [9.17, 15) is 4.79 Å². The van der Waals surface area contributed by atoms with Crippen LogP contribution in [0, 0.1) is 6.92 Å². The van der Waals surface area contributed by atoms with Crippen LogP contribution in [0.25, 0.3) is 0 Å². The Labute approximate surface area is 114 Å². The number of amides is 1. The van der Waals surface area contributed by atoms with E-state index in [2.05, 4.69) is 43.4 Å². The molecule has 1 aromatic carbocycles. The Kier molecular flexibility index (Phi) is 6.83. The monoisotopic (exact) mass is 266 g/mol. The first-order chi connectivity index (χ1) is 8.63. The van der Waals surface area contributed by atoms with Crippen molar-refractivity contribution in [1.29, 1.82) is 0 Å². The molecule has 1 amide bonds. The number of thioether (sulfide) groups is 1. The minimum atomic E-state index is -0.252. The maximum atomic E-state index is 10.8. The molecular formula is C14H22N2OS. The number of aryl methyl sites for hydroxylation is 1. The van der Waals surface area contributed by atoms with Crippen molar-refractivity contribution in [3.63, 3.8) is 0 Å². The van der Waals surface area contributed by atoms with Gasteiger partial charge in [0.25, 0.3) is 0 Å². The minimum Gasteiger partial charge on any atom is -0.369 e. The van der Waals surface area contributed by atoms with Crippen molar-refractivity contribution >= 4 is 17.7 Å². The highest BCUT2D eigenvalue weighted by atomic mass is 32.2. The third kappa shape index (κ3) is 5.56. The summed E-state index contributed by atoms with van der Waals surface area (Å²) in [5, 5.41) is 3.51. The lowest BCUT2D eigenvalue weighted by Gasteiger charge is -2.18. The second-order valence-corrected chi connectivity index (χ2v) is 5.43. The molecule has 1 rings (SSSR count). The fraction of sp³-hybridized carbons (Fsp3) is 0.500. The van der Waals surface area contributed by atoms with Crippen LogP contribution in [0.3, 0.4) is 0 Å². The number of nitrogens with two attached hydrogens (primary N) is 1. The number of primary amides is 1. The topological polar surface area (TPSA) is 55.1 Å². The lowest BCUT2D eigenvalue weighted by atomic mass is 10.1. The molecular weight excluding hydrogens is 244 g/mol. The highest BCUT2D eigenvalue weighted by Crippen LogP contribution is 2.19. The number of carbonyl (C=O) groups is 1. The number of carbonyl (C=O) groups excluding carboxylic acids is 1. The fourth-order valence-corrected chi connectivity index (χ4v) is 2.53. The van der Waals surface area contributed by atoms with Gasteiger partial charge < -0.3 is 11.1 Å². The molecule has 0 aliphatic carbocycles. The first-order valence-corrected chi connectivity index (χ1v) is 7.45. The van der Waals surface area contributed by atoms with E-state index < -0.39 is 0 Å². The molecule has 0 aliphatic heterocycles. The SMILES string of the molecule is CCCNC(CSCC(N)=O)c1ccc(C)cc1. The molecule has 1 atom stereocenters. The fourth-order valence-electron chi connectivity index (χ4n) is 1.67. The van der Waals surface area contributed by atoms with Gasteiger partial charge in [-0.2, -0.15) is 11.8 Å². The van der Waals surface area contributed by atoms with E-state index in [1.807, 2.05) is 0 Å². The number of hydrogen-bond donors (Lipinski definition) is 2. The van der Waals surface area contributed by atoms with Crippen molar-refractivity contribution in [3.8, 4) is 0 Å². The summed E-state index contributed by atoms with van der Waals surface area (Å²) in [5.41, 5.74) is 7.69. The quantitative estimate of drug-likeness (QED) is 0.759. The average Bonchev–Trinajstić information content (AvgIpc) is 2.34. The number of hydrogen-bond acceptors (Lipinski definition) is 3. The summed E-state index contributed by atoms with van der Waals surface area (Å²) in [5.74, 6) is 1.00. The second-order valence-electron chi connectivity index (χ2n) is 4.40. The molecule has 0 spiro atoms. The molecule has 4 heteroatoms. The molecule has 0 bridgehead atoms. The van der Waals surface area contributed by atoms with Gasteiger partial charge in [-0.3, -0.25) is 4.79 Å². The predicted molar refractivity (Wildman–Crippen MR) is 78.7 cm³/mol. The largest absolute Gasteiger partial charge is 0.369 e. The van der Waals surface area contributed by atoms with Gasteiger partial charge in [-0.25, -0.2) is 0 Å². The third-order valence-corrected chi connectivity index (χ3v) is 3.71. The Balaban J connectivity index is 2.59. The molecule has 3 nitrogen and oxygen atoms in total. The second kappa shape index (κ2) is 8.16. The number of nitrogens with one attached hydrogen (secondary N) is 1. The summed E-state index contributed by atoms with van der Waals surface area (Å²) in [6, 6.07) is 8.82. The number of rotatable bonds is 8. The van der Waals surface area contributed by atoms with Gasteiger partial charge in [0.1, 0.15) is 0 Å². The van der Waals surface area contributed by atoms with Crippen molar-refractivity contribution in [2.75, 3.05) is 18.1 Å². The molecule has 3 N–H and O–H groups in total.